The molecule has 5 rings (SSSR count). The van der Waals surface area contributed by atoms with Crippen molar-refractivity contribution in [2.24, 2.45) is 5.92 Å². The number of ether oxygens (including phenoxy) is 1. The van der Waals surface area contributed by atoms with Crippen LogP contribution < -0.4 is 15.5 Å². The van der Waals surface area contributed by atoms with Crippen LogP contribution in [0.15, 0.2) is 36.4 Å². The molecule has 2 aromatic rings. The zero-order valence-corrected chi connectivity index (χ0v) is 22.0. The predicted molar refractivity (Wildman–Crippen MR) is 147 cm³/mol. The summed E-state index contributed by atoms with van der Waals surface area (Å²) in [6, 6.07) is 10.8. The molecule has 2 atom stereocenters. The van der Waals surface area contributed by atoms with Crippen molar-refractivity contribution in [2.75, 3.05) is 62.7 Å². The number of fused-ring (bicyclic) bond motifs is 1. The van der Waals surface area contributed by atoms with Crippen molar-refractivity contribution in [3.8, 4) is 0 Å². The lowest BCUT2D eigenvalue weighted by atomic mass is 10.00. The predicted octanol–water partition coefficient (Wildman–Crippen LogP) is 2.80. The number of benzene rings is 1. The number of aromatic nitrogens is 1. The molecule has 3 aliphatic rings. The Morgan fingerprint density at radius 1 is 1.16 bits per heavy atom. The number of amides is 1. The second-order valence-corrected chi connectivity index (χ2v) is 10.6. The van der Waals surface area contributed by atoms with Gasteiger partial charge in [-0.05, 0) is 74.8 Å². The van der Waals surface area contributed by atoms with Crippen molar-refractivity contribution in [1.29, 1.82) is 0 Å². The van der Waals surface area contributed by atoms with Crippen LogP contribution in [0.3, 0.4) is 0 Å². The normalized spacial score (nSPS) is 20.4. The summed E-state index contributed by atoms with van der Waals surface area (Å²) < 4.78 is 5.43. The van der Waals surface area contributed by atoms with E-state index in [0.29, 0.717) is 50.8 Å². The number of aliphatic carboxylic acids is 1. The van der Waals surface area contributed by atoms with E-state index < -0.39 is 12.0 Å². The van der Waals surface area contributed by atoms with E-state index in [1.165, 1.54) is 12.0 Å². The van der Waals surface area contributed by atoms with Crippen molar-refractivity contribution in [3.63, 3.8) is 0 Å². The summed E-state index contributed by atoms with van der Waals surface area (Å²) in [7, 11) is 0. The second kappa shape index (κ2) is 12.6. The summed E-state index contributed by atoms with van der Waals surface area (Å²) in [5.41, 5.74) is 3.79. The Balaban J connectivity index is 1.10. The molecule has 0 radical (unpaired) electrons. The molecular weight excluding hydrogens is 482 g/mol. The molecular formula is C29H39N5O4. The second-order valence-electron chi connectivity index (χ2n) is 10.6. The summed E-state index contributed by atoms with van der Waals surface area (Å²) >= 11 is 0. The highest BCUT2D eigenvalue weighted by Gasteiger charge is 2.27. The molecule has 9 nitrogen and oxygen atoms in total. The number of morpholine rings is 1. The Bertz CT molecular complexity index is 1120. The molecule has 9 heteroatoms. The Kier molecular flexibility index (Phi) is 8.75. The van der Waals surface area contributed by atoms with E-state index in [1.807, 2.05) is 18.2 Å². The first-order valence-electron chi connectivity index (χ1n) is 14.0. The molecule has 3 aliphatic heterocycles. The molecule has 38 heavy (non-hydrogen) atoms. The highest BCUT2D eigenvalue weighted by Crippen LogP contribution is 2.25. The van der Waals surface area contributed by atoms with E-state index in [4.69, 9.17) is 9.72 Å². The number of carbonyl (C=O) groups excluding carboxylic acids is 1. The third kappa shape index (κ3) is 6.63. The highest BCUT2D eigenvalue weighted by molar-refractivity contribution is 6.01. The van der Waals surface area contributed by atoms with Gasteiger partial charge in [-0.2, -0.15) is 0 Å². The Hall–Kier alpha value is -3.17. The van der Waals surface area contributed by atoms with E-state index in [-0.39, 0.29) is 5.91 Å². The number of carbonyl (C=O) groups is 2. The minimum Gasteiger partial charge on any atom is -0.480 e. The van der Waals surface area contributed by atoms with E-state index in [9.17, 15) is 14.7 Å². The van der Waals surface area contributed by atoms with Gasteiger partial charge in [0.1, 0.15) is 11.9 Å². The van der Waals surface area contributed by atoms with Crippen molar-refractivity contribution >= 4 is 23.4 Å². The van der Waals surface area contributed by atoms with E-state index in [2.05, 4.69) is 32.6 Å². The Labute approximate surface area is 224 Å². The number of hydrogen-bond acceptors (Lipinski definition) is 7. The first-order valence-corrected chi connectivity index (χ1v) is 14.0. The molecule has 3 N–H and O–H groups in total. The summed E-state index contributed by atoms with van der Waals surface area (Å²) in [5, 5.41) is 16.0. The fourth-order valence-electron chi connectivity index (χ4n) is 5.76. The number of nitrogens with zero attached hydrogens (tertiary/aromatic N) is 3. The van der Waals surface area contributed by atoms with Gasteiger partial charge in [-0.15, -0.1) is 0 Å². The number of pyridine rings is 1. The lowest BCUT2D eigenvalue weighted by Crippen LogP contribution is -2.44. The van der Waals surface area contributed by atoms with Gasteiger partial charge in [0, 0.05) is 44.1 Å². The summed E-state index contributed by atoms with van der Waals surface area (Å²) in [4.78, 5) is 34.4. The minimum absolute atomic E-state index is 0.342. The molecule has 1 aromatic heterocycles. The van der Waals surface area contributed by atoms with E-state index in [1.54, 1.807) is 6.07 Å². The summed E-state index contributed by atoms with van der Waals surface area (Å²) in [6.45, 7) is 6.23. The van der Waals surface area contributed by atoms with Crippen LogP contribution in [0.2, 0.25) is 0 Å². The summed E-state index contributed by atoms with van der Waals surface area (Å²) in [6.07, 6.45) is 5.81. The average molecular weight is 522 g/mol. The number of aryl methyl sites for hydroxylation is 2. The fourth-order valence-corrected chi connectivity index (χ4v) is 5.76. The molecule has 0 aliphatic carbocycles. The standard InChI is InChI=1S/C29H39N5O4/c35-28(24-5-1-2-6-26(24)34-16-18-38-19-17-34)32-25(29(36)37)12-15-33-14-11-21(20-33)7-9-23-10-8-22-4-3-13-30-27(22)31-23/h1-2,5-6,8,10,21,25H,3-4,7,9,11-20H2,(H,30,31)(H,32,35)(H,36,37)/t21-,25?/m1/s1. The van der Waals surface area contributed by atoms with Crippen LogP contribution in [0.5, 0.6) is 0 Å². The number of carboxylic acid groups (broad SMARTS) is 1. The van der Waals surface area contributed by atoms with Gasteiger partial charge in [-0.1, -0.05) is 18.2 Å². The third-order valence-electron chi connectivity index (χ3n) is 7.97. The zero-order chi connectivity index (χ0) is 26.3. The first-order chi connectivity index (χ1) is 18.6. The van der Waals surface area contributed by atoms with Crippen LogP contribution in [0.1, 0.15) is 47.3 Å². The van der Waals surface area contributed by atoms with Crippen LogP contribution in [0, 0.1) is 5.92 Å². The van der Waals surface area contributed by atoms with Crippen LogP contribution >= 0.6 is 0 Å². The average Bonchev–Trinajstić information content (AvgIpc) is 3.42. The first kappa shape index (κ1) is 26.4. The molecule has 1 amide bonds. The molecule has 1 aromatic carbocycles. The van der Waals surface area contributed by atoms with Gasteiger partial charge in [0.15, 0.2) is 0 Å². The molecule has 204 valence electrons. The van der Waals surface area contributed by atoms with Gasteiger partial charge in [-0.3, -0.25) is 4.79 Å². The number of rotatable bonds is 10. The Morgan fingerprint density at radius 3 is 2.84 bits per heavy atom. The maximum Gasteiger partial charge on any atom is 0.326 e. The lowest BCUT2D eigenvalue weighted by molar-refractivity contribution is -0.139. The van der Waals surface area contributed by atoms with Gasteiger partial charge < -0.3 is 30.3 Å². The SMILES string of the molecule is O=C(NC(CCN1CC[C@@H](CCc2ccc3c(n2)NCCC3)C1)C(=O)O)c1ccccc1N1CCOCC1. The molecule has 4 heterocycles. The number of nitrogens with one attached hydrogen (secondary N) is 2. The highest BCUT2D eigenvalue weighted by atomic mass is 16.5. The number of anilines is 2. The quantitative estimate of drug-likeness (QED) is 0.438. The fraction of sp³-hybridized carbons (Fsp3) is 0.552. The Morgan fingerprint density at radius 2 is 2.00 bits per heavy atom. The zero-order valence-electron chi connectivity index (χ0n) is 22.0. The molecule has 0 saturated carbocycles. The molecule has 0 spiro atoms. The maximum absolute atomic E-state index is 13.1. The number of para-hydroxylation sites is 1. The number of carboxylic acids is 1. The van der Waals surface area contributed by atoms with Gasteiger partial charge in [-0.25, -0.2) is 9.78 Å². The summed E-state index contributed by atoms with van der Waals surface area (Å²) in [5.74, 6) is 0.297. The van der Waals surface area contributed by atoms with Gasteiger partial charge in [0.2, 0.25) is 0 Å². The van der Waals surface area contributed by atoms with Crippen molar-refractivity contribution in [3.05, 3.63) is 53.2 Å². The maximum atomic E-state index is 13.1. The number of hydrogen-bond donors (Lipinski definition) is 3. The van der Waals surface area contributed by atoms with E-state index >= 15 is 0 Å². The van der Waals surface area contributed by atoms with Crippen LogP contribution in [0.25, 0.3) is 0 Å². The molecule has 1 unspecified atom stereocenters. The van der Waals surface area contributed by atoms with Gasteiger partial charge in [0.25, 0.3) is 5.91 Å². The smallest absolute Gasteiger partial charge is 0.326 e. The monoisotopic (exact) mass is 521 g/mol. The number of likely N-dealkylation sites (tertiary alicyclic amines) is 1. The van der Waals surface area contributed by atoms with E-state index in [0.717, 1.165) is 62.5 Å². The van der Waals surface area contributed by atoms with Gasteiger partial charge >= 0.3 is 5.97 Å². The molecule has 2 fully saturated rings. The minimum atomic E-state index is -0.995. The lowest BCUT2D eigenvalue weighted by Gasteiger charge is -2.30. The molecule has 0 bridgehead atoms. The van der Waals surface area contributed by atoms with Crippen LogP contribution in [0.4, 0.5) is 11.5 Å². The van der Waals surface area contributed by atoms with Crippen molar-refractivity contribution < 1.29 is 19.4 Å². The van der Waals surface area contributed by atoms with Crippen molar-refractivity contribution in [2.45, 2.75) is 44.6 Å². The largest absolute Gasteiger partial charge is 0.480 e. The molecule has 2 saturated heterocycles. The van der Waals surface area contributed by atoms with Crippen LogP contribution in [-0.4, -0.2) is 85.4 Å². The topological polar surface area (TPSA) is 107 Å². The van der Waals surface area contributed by atoms with Gasteiger partial charge in [0.05, 0.1) is 18.8 Å². The third-order valence-corrected chi connectivity index (χ3v) is 7.97. The van der Waals surface area contributed by atoms with Crippen molar-refractivity contribution in [1.82, 2.24) is 15.2 Å². The van der Waals surface area contributed by atoms with Crippen LogP contribution in [-0.2, 0) is 22.4 Å².